The molecule has 3 heterocycles. The number of imidazole rings is 1. The van der Waals surface area contributed by atoms with Gasteiger partial charge in [0.25, 0.3) is 5.91 Å². The number of aryl methyl sites for hydroxylation is 1. The third kappa shape index (κ3) is 5.40. The van der Waals surface area contributed by atoms with E-state index in [0.29, 0.717) is 47.3 Å². The molecule has 4 rings (SSSR count). The van der Waals surface area contributed by atoms with Crippen LogP contribution < -0.4 is 10.6 Å². The average molecular weight is 463 g/mol. The highest BCUT2D eigenvalue weighted by atomic mass is 16.6. The van der Waals surface area contributed by atoms with Crippen LogP contribution in [0.5, 0.6) is 0 Å². The molecule has 3 aromatic heterocycles. The smallest absolute Gasteiger partial charge is 0.407 e. The number of carbonyl (C=O) groups is 2. The maximum atomic E-state index is 12.9. The molecule has 0 fully saturated rings. The van der Waals surface area contributed by atoms with E-state index in [4.69, 9.17) is 9.26 Å². The number of carbonyl (C=O) groups excluding carboxylic acids is 2. The number of hydrogen-bond donors (Lipinski definition) is 2. The largest absolute Gasteiger partial charge is 0.444 e. The molecule has 10 heteroatoms. The van der Waals surface area contributed by atoms with Gasteiger partial charge < -0.3 is 19.9 Å². The Morgan fingerprint density at radius 2 is 2.00 bits per heavy atom. The predicted octanol–water partition coefficient (Wildman–Crippen LogP) is 4.01. The summed E-state index contributed by atoms with van der Waals surface area (Å²) >= 11 is 0. The van der Waals surface area contributed by atoms with E-state index in [1.807, 2.05) is 37.3 Å². The summed E-state index contributed by atoms with van der Waals surface area (Å²) in [6, 6.07) is 11.1. The van der Waals surface area contributed by atoms with Crippen LogP contribution in [-0.4, -0.2) is 43.7 Å². The number of anilines is 1. The third-order valence-electron chi connectivity index (χ3n) is 4.87. The number of alkyl carbamates (subject to hydrolysis) is 1. The highest BCUT2D eigenvalue weighted by Gasteiger charge is 2.17. The molecule has 2 amide bonds. The summed E-state index contributed by atoms with van der Waals surface area (Å²) in [7, 11) is 0. The van der Waals surface area contributed by atoms with Crippen molar-refractivity contribution in [1.29, 1.82) is 0 Å². The molecule has 0 aliphatic heterocycles. The van der Waals surface area contributed by atoms with Crippen molar-refractivity contribution in [1.82, 2.24) is 24.8 Å². The number of nitrogens with zero attached hydrogens (tertiary/aromatic N) is 4. The van der Waals surface area contributed by atoms with Crippen LogP contribution in [0.4, 0.5) is 10.5 Å². The fraction of sp³-hybridized carbons (Fsp3) is 0.292. The van der Waals surface area contributed by atoms with Crippen LogP contribution in [0.3, 0.4) is 0 Å². The second kappa shape index (κ2) is 9.34. The van der Waals surface area contributed by atoms with E-state index in [1.165, 1.54) is 0 Å². The second-order valence-electron chi connectivity index (χ2n) is 8.75. The number of aromatic nitrogens is 4. The lowest BCUT2D eigenvalue weighted by Crippen LogP contribution is -2.33. The number of ether oxygens (including phenoxy) is 1. The van der Waals surface area contributed by atoms with Gasteiger partial charge in [0.2, 0.25) is 11.7 Å². The Morgan fingerprint density at radius 3 is 2.79 bits per heavy atom. The maximum Gasteiger partial charge on any atom is 0.407 e. The van der Waals surface area contributed by atoms with E-state index in [2.05, 4.69) is 25.8 Å². The van der Waals surface area contributed by atoms with E-state index in [0.717, 1.165) is 5.56 Å². The van der Waals surface area contributed by atoms with E-state index >= 15 is 0 Å². The molecule has 0 saturated carbocycles. The molecule has 1 aromatic carbocycles. The van der Waals surface area contributed by atoms with Crippen molar-refractivity contribution >= 4 is 23.3 Å². The Kier molecular flexibility index (Phi) is 6.31. The molecule has 0 atom stereocenters. The van der Waals surface area contributed by atoms with Gasteiger partial charge in [-0.05, 0) is 51.5 Å². The van der Waals surface area contributed by atoms with Gasteiger partial charge in [-0.2, -0.15) is 4.98 Å². The molecule has 0 saturated heterocycles. The van der Waals surface area contributed by atoms with Crippen molar-refractivity contribution < 1.29 is 18.8 Å². The van der Waals surface area contributed by atoms with Crippen molar-refractivity contribution in [3.05, 3.63) is 65.9 Å². The molecule has 0 aliphatic carbocycles. The second-order valence-corrected chi connectivity index (χ2v) is 8.75. The number of benzene rings is 1. The molecule has 0 aliphatic rings. The standard InChI is InChI=1S/C24H26N6O4/c1-15-8-9-16(21-28-20(34-29-21)10-11-25-23(32)33-24(2,3)4)13-17(15)27-22(31)18-14-26-19-7-5-6-12-30(18)19/h5-9,12-14H,10-11H2,1-4H3,(H,25,32)(H,27,31). The Balaban J connectivity index is 1.43. The van der Waals surface area contributed by atoms with Gasteiger partial charge in [-0.1, -0.05) is 23.4 Å². The molecule has 0 unspecified atom stereocenters. The number of amides is 2. The third-order valence-corrected chi connectivity index (χ3v) is 4.87. The zero-order valence-corrected chi connectivity index (χ0v) is 19.5. The van der Waals surface area contributed by atoms with Crippen molar-refractivity contribution in [2.24, 2.45) is 0 Å². The predicted molar refractivity (Wildman–Crippen MR) is 126 cm³/mol. The van der Waals surface area contributed by atoms with Gasteiger partial charge in [0.05, 0.1) is 6.20 Å². The lowest BCUT2D eigenvalue weighted by Gasteiger charge is -2.19. The van der Waals surface area contributed by atoms with Crippen molar-refractivity contribution in [2.45, 2.75) is 39.7 Å². The SMILES string of the molecule is Cc1ccc(-c2noc(CCNC(=O)OC(C)(C)C)n2)cc1NC(=O)c1cnc2ccccn12. The summed E-state index contributed by atoms with van der Waals surface area (Å²) in [5.74, 6) is 0.487. The van der Waals surface area contributed by atoms with Crippen LogP contribution in [0.25, 0.3) is 17.0 Å². The van der Waals surface area contributed by atoms with Crippen LogP contribution in [0.15, 0.2) is 53.3 Å². The summed E-state index contributed by atoms with van der Waals surface area (Å²) in [6.45, 7) is 7.59. The Hall–Kier alpha value is -4.21. The molecule has 0 bridgehead atoms. The maximum absolute atomic E-state index is 12.9. The molecule has 0 radical (unpaired) electrons. The molecule has 4 aromatic rings. The molecular weight excluding hydrogens is 436 g/mol. The zero-order valence-electron chi connectivity index (χ0n) is 19.5. The molecule has 176 valence electrons. The first-order chi connectivity index (χ1) is 16.2. The molecule has 10 nitrogen and oxygen atoms in total. The molecule has 2 N–H and O–H groups in total. The fourth-order valence-electron chi connectivity index (χ4n) is 3.24. The summed E-state index contributed by atoms with van der Waals surface area (Å²) in [4.78, 5) is 33.3. The highest BCUT2D eigenvalue weighted by Crippen LogP contribution is 2.24. The van der Waals surface area contributed by atoms with Crippen LogP contribution in [0, 0.1) is 6.92 Å². The quantitative estimate of drug-likeness (QED) is 0.444. The first kappa shape index (κ1) is 23.0. The minimum atomic E-state index is -0.564. The van der Waals surface area contributed by atoms with Crippen LogP contribution in [0.2, 0.25) is 0 Å². The van der Waals surface area contributed by atoms with Crippen molar-refractivity contribution in [3.8, 4) is 11.4 Å². The van der Waals surface area contributed by atoms with Gasteiger partial charge in [-0.15, -0.1) is 0 Å². The summed E-state index contributed by atoms with van der Waals surface area (Å²) in [6.07, 6.45) is 3.19. The monoisotopic (exact) mass is 462 g/mol. The minimum absolute atomic E-state index is 0.277. The van der Waals surface area contributed by atoms with Crippen LogP contribution in [-0.2, 0) is 11.2 Å². The normalized spacial score (nSPS) is 11.4. The van der Waals surface area contributed by atoms with Gasteiger partial charge >= 0.3 is 6.09 Å². The van der Waals surface area contributed by atoms with E-state index in [1.54, 1.807) is 43.6 Å². The Morgan fingerprint density at radius 1 is 1.18 bits per heavy atom. The van der Waals surface area contributed by atoms with E-state index < -0.39 is 11.7 Å². The van der Waals surface area contributed by atoms with Crippen LogP contribution >= 0.6 is 0 Å². The van der Waals surface area contributed by atoms with Crippen molar-refractivity contribution in [2.75, 3.05) is 11.9 Å². The zero-order chi connectivity index (χ0) is 24.3. The number of nitrogens with one attached hydrogen (secondary N) is 2. The van der Waals surface area contributed by atoms with Gasteiger partial charge in [-0.3, -0.25) is 9.20 Å². The Bertz CT molecular complexity index is 1330. The Labute approximate surface area is 196 Å². The first-order valence-electron chi connectivity index (χ1n) is 10.8. The van der Waals surface area contributed by atoms with Crippen LogP contribution in [0.1, 0.15) is 42.7 Å². The van der Waals surface area contributed by atoms with E-state index in [9.17, 15) is 9.59 Å². The highest BCUT2D eigenvalue weighted by molar-refractivity contribution is 6.04. The molecule has 34 heavy (non-hydrogen) atoms. The van der Waals surface area contributed by atoms with Crippen molar-refractivity contribution in [3.63, 3.8) is 0 Å². The van der Waals surface area contributed by atoms with Gasteiger partial charge in [0.15, 0.2) is 0 Å². The first-order valence-corrected chi connectivity index (χ1v) is 10.8. The van der Waals surface area contributed by atoms with Gasteiger partial charge in [0.1, 0.15) is 16.9 Å². The summed E-state index contributed by atoms with van der Waals surface area (Å²) in [5.41, 5.74) is 2.76. The van der Waals surface area contributed by atoms with Gasteiger partial charge in [0, 0.05) is 30.4 Å². The average Bonchev–Trinajstić information content (AvgIpc) is 3.41. The molecular formula is C24H26N6O4. The summed E-state index contributed by atoms with van der Waals surface area (Å²) in [5, 5.41) is 9.62. The lowest BCUT2D eigenvalue weighted by atomic mass is 10.1. The fourth-order valence-corrected chi connectivity index (χ4v) is 3.24. The lowest BCUT2D eigenvalue weighted by molar-refractivity contribution is 0.0527. The summed E-state index contributed by atoms with van der Waals surface area (Å²) < 4.78 is 12.2. The number of hydrogen-bond acceptors (Lipinski definition) is 7. The topological polar surface area (TPSA) is 124 Å². The minimum Gasteiger partial charge on any atom is -0.444 e. The molecule has 0 spiro atoms. The van der Waals surface area contributed by atoms with Gasteiger partial charge in [-0.25, -0.2) is 9.78 Å². The number of fused-ring (bicyclic) bond motifs is 1. The number of pyridine rings is 1. The number of rotatable bonds is 6. The van der Waals surface area contributed by atoms with E-state index in [-0.39, 0.29) is 5.91 Å².